The van der Waals surface area contributed by atoms with Crippen LogP contribution in [0.25, 0.3) is 11.3 Å². The number of anilines is 1. The molecule has 2 aromatic carbocycles. The van der Waals surface area contributed by atoms with E-state index in [9.17, 15) is 4.79 Å². The first-order chi connectivity index (χ1) is 15.1. The first-order valence-corrected chi connectivity index (χ1v) is 10.1. The van der Waals surface area contributed by atoms with Gasteiger partial charge in [0.05, 0.1) is 12.4 Å². The van der Waals surface area contributed by atoms with Gasteiger partial charge in [0.1, 0.15) is 11.5 Å². The number of nitrogens with one attached hydrogen (secondary N) is 1. The van der Waals surface area contributed by atoms with Crippen LogP contribution in [0.3, 0.4) is 0 Å². The predicted octanol–water partition coefficient (Wildman–Crippen LogP) is 5.72. The van der Waals surface area contributed by atoms with Crippen LogP contribution in [-0.4, -0.2) is 15.9 Å². The Bertz CT molecular complexity index is 1170. The minimum atomic E-state index is -0.101. The zero-order chi connectivity index (χ0) is 21.6. The highest BCUT2D eigenvalue weighted by Gasteiger charge is 2.10. The summed E-state index contributed by atoms with van der Waals surface area (Å²) in [6.07, 6.45) is 5.75. The van der Waals surface area contributed by atoms with Crippen molar-refractivity contribution in [2.24, 2.45) is 0 Å². The summed E-state index contributed by atoms with van der Waals surface area (Å²) < 4.78 is 11.6. The lowest BCUT2D eigenvalue weighted by Gasteiger charge is -2.11. The molecule has 1 amide bonds. The van der Waals surface area contributed by atoms with E-state index in [1.165, 1.54) is 5.56 Å². The summed E-state index contributed by atoms with van der Waals surface area (Å²) in [7, 11) is 0. The molecule has 4 rings (SSSR count). The van der Waals surface area contributed by atoms with Crippen LogP contribution in [-0.2, 0) is 11.2 Å². The molecular weight excluding hydrogens is 390 g/mol. The van der Waals surface area contributed by atoms with Gasteiger partial charge in [0.2, 0.25) is 5.91 Å². The van der Waals surface area contributed by atoms with Crippen LogP contribution in [0.1, 0.15) is 23.4 Å². The van der Waals surface area contributed by atoms with Crippen LogP contribution in [0.15, 0.2) is 77.6 Å². The molecule has 0 bridgehead atoms. The first-order valence-electron chi connectivity index (χ1n) is 10.1. The van der Waals surface area contributed by atoms with Crippen LogP contribution in [0.5, 0.6) is 11.5 Å². The summed E-state index contributed by atoms with van der Waals surface area (Å²) in [5.74, 6) is 2.53. The molecule has 4 aromatic rings. The van der Waals surface area contributed by atoms with E-state index in [4.69, 9.17) is 9.15 Å². The fourth-order valence-corrected chi connectivity index (χ4v) is 3.10. The molecule has 6 heteroatoms. The number of hydrogen-bond acceptors (Lipinski definition) is 5. The largest absolute Gasteiger partial charge is 0.455 e. The molecule has 0 radical (unpaired) electrons. The number of ether oxygens (including phenoxy) is 1. The molecule has 0 spiro atoms. The van der Waals surface area contributed by atoms with Crippen LogP contribution in [0.2, 0.25) is 0 Å². The van der Waals surface area contributed by atoms with Crippen molar-refractivity contribution in [1.29, 1.82) is 0 Å². The molecule has 0 fully saturated rings. The van der Waals surface area contributed by atoms with Gasteiger partial charge in [-0.1, -0.05) is 29.8 Å². The number of amides is 1. The van der Waals surface area contributed by atoms with E-state index in [1.54, 1.807) is 18.6 Å². The Labute approximate surface area is 180 Å². The summed E-state index contributed by atoms with van der Waals surface area (Å²) >= 11 is 0. The molecule has 156 valence electrons. The third-order valence-electron chi connectivity index (χ3n) is 4.78. The number of pyridine rings is 1. The third-order valence-corrected chi connectivity index (χ3v) is 4.78. The van der Waals surface area contributed by atoms with E-state index in [0.717, 1.165) is 16.9 Å². The Hall–Kier alpha value is -3.93. The summed E-state index contributed by atoms with van der Waals surface area (Å²) in [6, 6.07) is 17.2. The van der Waals surface area contributed by atoms with Gasteiger partial charge in [-0.25, -0.2) is 4.98 Å². The van der Waals surface area contributed by atoms with Crippen LogP contribution in [0.4, 0.5) is 5.69 Å². The van der Waals surface area contributed by atoms with Gasteiger partial charge in [0.25, 0.3) is 0 Å². The monoisotopic (exact) mass is 413 g/mol. The second kappa shape index (κ2) is 9.26. The normalized spacial score (nSPS) is 10.6. The topological polar surface area (TPSA) is 77.2 Å². The third kappa shape index (κ3) is 5.36. The molecule has 0 saturated heterocycles. The molecule has 0 atom stereocenters. The van der Waals surface area contributed by atoms with Gasteiger partial charge in [-0.15, -0.1) is 0 Å². The summed E-state index contributed by atoms with van der Waals surface area (Å²) in [4.78, 5) is 20.7. The number of aryl methyl sites for hydroxylation is 3. The van der Waals surface area contributed by atoms with Gasteiger partial charge in [-0.05, 0) is 49.7 Å². The lowest BCUT2D eigenvalue weighted by molar-refractivity contribution is -0.116. The Balaban J connectivity index is 1.32. The number of aromatic nitrogens is 2. The van der Waals surface area contributed by atoms with Gasteiger partial charge in [-0.3, -0.25) is 9.78 Å². The zero-order valence-electron chi connectivity index (χ0n) is 17.5. The van der Waals surface area contributed by atoms with Crippen molar-refractivity contribution >= 4 is 11.6 Å². The van der Waals surface area contributed by atoms with Crippen LogP contribution in [0, 0.1) is 13.8 Å². The summed E-state index contributed by atoms with van der Waals surface area (Å²) in [5.41, 5.74) is 3.79. The van der Waals surface area contributed by atoms with Crippen molar-refractivity contribution in [2.75, 3.05) is 5.32 Å². The molecule has 1 N–H and O–H groups in total. The minimum Gasteiger partial charge on any atom is -0.455 e. The molecule has 0 aliphatic carbocycles. The highest BCUT2D eigenvalue weighted by molar-refractivity contribution is 5.91. The number of oxazole rings is 1. The number of carbonyl (C=O) groups is 1. The standard InChI is InChI=1S/C25H23N3O3/c1-17-5-7-19(8-6-17)23-16-27-25(31-23)12-11-24(29)28-20-9-10-22(18(2)14-20)30-21-4-3-13-26-15-21/h3-10,13-16H,11-12H2,1-2H3,(H,28,29). The Kier molecular flexibility index (Phi) is 6.08. The zero-order valence-corrected chi connectivity index (χ0v) is 17.5. The number of nitrogens with zero attached hydrogens (tertiary/aromatic N) is 2. The molecule has 0 aliphatic rings. The minimum absolute atomic E-state index is 0.101. The summed E-state index contributed by atoms with van der Waals surface area (Å²) in [6.45, 7) is 3.97. The van der Waals surface area contributed by atoms with E-state index in [-0.39, 0.29) is 12.3 Å². The molecule has 6 nitrogen and oxygen atoms in total. The smallest absolute Gasteiger partial charge is 0.224 e. The van der Waals surface area contributed by atoms with Crippen molar-refractivity contribution in [1.82, 2.24) is 9.97 Å². The van der Waals surface area contributed by atoms with Crippen molar-refractivity contribution in [2.45, 2.75) is 26.7 Å². The van der Waals surface area contributed by atoms with Gasteiger partial charge >= 0.3 is 0 Å². The molecule has 2 aromatic heterocycles. The first kappa shape index (κ1) is 20.3. The van der Waals surface area contributed by atoms with Gasteiger partial charge in [-0.2, -0.15) is 0 Å². The van der Waals surface area contributed by atoms with Crippen molar-refractivity contribution < 1.29 is 13.9 Å². The quantitative estimate of drug-likeness (QED) is 0.419. The average Bonchev–Trinajstić information content (AvgIpc) is 3.25. The van der Waals surface area contributed by atoms with E-state index in [1.807, 2.05) is 68.4 Å². The number of rotatable bonds is 7. The van der Waals surface area contributed by atoms with Crippen molar-refractivity contribution in [3.63, 3.8) is 0 Å². The maximum Gasteiger partial charge on any atom is 0.224 e. The van der Waals surface area contributed by atoms with Crippen molar-refractivity contribution in [3.8, 4) is 22.8 Å². The molecule has 2 heterocycles. The lowest BCUT2D eigenvalue weighted by Crippen LogP contribution is -2.12. The highest BCUT2D eigenvalue weighted by Crippen LogP contribution is 2.27. The molecule has 0 unspecified atom stereocenters. The van der Waals surface area contributed by atoms with Crippen LogP contribution >= 0.6 is 0 Å². The second-order valence-electron chi connectivity index (χ2n) is 7.30. The van der Waals surface area contributed by atoms with Crippen LogP contribution < -0.4 is 10.1 Å². The number of hydrogen-bond donors (Lipinski definition) is 1. The highest BCUT2D eigenvalue weighted by atomic mass is 16.5. The fourth-order valence-electron chi connectivity index (χ4n) is 3.10. The number of carbonyl (C=O) groups excluding carboxylic acids is 1. The lowest BCUT2D eigenvalue weighted by atomic mass is 10.1. The van der Waals surface area contributed by atoms with E-state index < -0.39 is 0 Å². The van der Waals surface area contributed by atoms with Gasteiger partial charge in [0, 0.05) is 30.3 Å². The average molecular weight is 413 g/mol. The predicted molar refractivity (Wildman–Crippen MR) is 119 cm³/mol. The maximum atomic E-state index is 12.4. The van der Waals surface area contributed by atoms with E-state index in [0.29, 0.717) is 29.5 Å². The van der Waals surface area contributed by atoms with Gasteiger partial charge < -0.3 is 14.5 Å². The number of benzene rings is 2. The molecule has 0 aliphatic heterocycles. The molecule has 0 saturated carbocycles. The SMILES string of the molecule is Cc1ccc(-c2cnc(CCC(=O)Nc3ccc(Oc4cccnc4)c(C)c3)o2)cc1. The molecular formula is C25H23N3O3. The Morgan fingerprint density at radius 2 is 1.90 bits per heavy atom. The Morgan fingerprint density at radius 1 is 1.06 bits per heavy atom. The Morgan fingerprint density at radius 3 is 2.65 bits per heavy atom. The van der Waals surface area contributed by atoms with E-state index >= 15 is 0 Å². The molecule has 31 heavy (non-hydrogen) atoms. The second-order valence-corrected chi connectivity index (χ2v) is 7.30. The maximum absolute atomic E-state index is 12.4. The van der Waals surface area contributed by atoms with E-state index in [2.05, 4.69) is 15.3 Å². The van der Waals surface area contributed by atoms with Crippen molar-refractivity contribution in [3.05, 3.63) is 90.2 Å². The van der Waals surface area contributed by atoms with Gasteiger partial charge in [0.15, 0.2) is 11.7 Å². The summed E-state index contributed by atoms with van der Waals surface area (Å²) in [5, 5.41) is 2.91. The fraction of sp³-hybridized carbons (Fsp3) is 0.160.